The Bertz CT molecular complexity index is 418. The van der Waals surface area contributed by atoms with Gasteiger partial charge in [0.05, 0.1) is 6.61 Å². The van der Waals surface area contributed by atoms with Crippen LogP contribution in [-0.2, 0) is 22.4 Å². The quantitative estimate of drug-likeness (QED) is 0.620. The number of rotatable bonds is 6. The Labute approximate surface area is 108 Å². The molecule has 98 valence electrons. The van der Waals surface area contributed by atoms with Crippen LogP contribution in [0.25, 0.3) is 0 Å². The van der Waals surface area contributed by atoms with E-state index in [1.807, 2.05) is 13.0 Å². The van der Waals surface area contributed by atoms with Gasteiger partial charge in [0, 0.05) is 18.7 Å². The van der Waals surface area contributed by atoms with Crippen LogP contribution in [0.5, 0.6) is 0 Å². The number of esters is 1. The van der Waals surface area contributed by atoms with E-state index in [2.05, 4.69) is 16.4 Å². The highest BCUT2D eigenvalue weighted by molar-refractivity contribution is 5.69. The van der Waals surface area contributed by atoms with Crippen LogP contribution in [0.2, 0.25) is 0 Å². The molecule has 0 fully saturated rings. The molecular weight excluding hydrogens is 228 g/mol. The summed E-state index contributed by atoms with van der Waals surface area (Å²) in [5, 5.41) is 3.25. The van der Waals surface area contributed by atoms with E-state index in [9.17, 15) is 4.79 Å². The van der Waals surface area contributed by atoms with E-state index in [1.165, 1.54) is 17.7 Å². The molecule has 0 aliphatic heterocycles. The predicted octanol–water partition coefficient (Wildman–Crippen LogP) is 2.33. The third-order valence-electron chi connectivity index (χ3n) is 3.10. The summed E-state index contributed by atoms with van der Waals surface area (Å²) in [5.74, 6) is 0.792. The van der Waals surface area contributed by atoms with Gasteiger partial charge in [0.25, 0.3) is 0 Å². The largest absolute Gasteiger partial charge is 0.466 e. The molecule has 1 aliphatic carbocycles. The number of fused-ring (bicyclic) bond motifs is 1. The number of nitrogens with zero attached hydrogens (tertiary/aromatic N) is 1. The Morgan fingerprint density at radius 1 is 1.44 bits per heavy atom. The van der Waals surface area contributed by atoms with E-state index in [-0.39, 0.29) is 5.97 Å². The number of ether oxygens (including phenoxy) is 1. The van der Waals surface area contributed by atoms with Gasteiger partial charge >= 0.3 is 5.97 Å². The Morgan fingerprint density at radius 2 is 2.33 bits per heavy atom. The highest BCUT2D eigenvalue weighted by Gasteiger charge is 2.12. The van der Waals surface area contributed by atoms with Gasteiger partial charge in [-0.2, -0.15) is 0 Å². The van der Waals surface area contributed by atoms with Crippen molar-refractivity contribution in [2.45, 2.75) is 39.0 Å². The van der Waals surface area contributed by atoms with Crippen molar-refractivity contribution in [1.29, 1.82) is 0 Å². The van der Waals surface area contributed by atoms with Crippen LogP contribution in [-0.4, -0.2) is 24.1 Å². The van der Waals surface area contributed by atoms with Crippen molar-refractivity contribution < 1.29 is 9.53 Å². The first-order chi connectivity index (χ1) is 8.79. The molecule has 4 heteroatoms. The number of aryl methyl sites for hydroxylation is 2. The van der Waals surface area contributed by atoms with Gasteiger partial charge in [-0.15, -0.1) is 0 Å². The van der Waals surface area contributed by atoms with Crippen LogP contribution >= 0.6 is 0 Å². The summed E-state index contributed by atoms with van der Waals surface area (Å²) in [6.07, 6.45) is 4.71. The van der Waals surface area contributed by atoms with Gasteiger partial charge in [-0.05, 0) is 44.2 Å². The standard InChI is InChI=1S/C14H20N2O2/c1-2-18-14(17)7-4-10-15-13-9-8-11-5-3-6-12(11)16-13/h8-9H,2-7,10H2,1H3,(H,15,16). The van der Waals surface area contributed by atoms with Crippen molar-refractivity contribution in [1.82, 2.24) is 4.98 Å². The number of carbonyl (C=O) groups excluding carboxylic acids is 1. The summed E-state index contributed by atoms with van der Waals surface area (Å²) < 4.78 is 4.87. The molecular formula is C14H20N2O2. The van der Waals surface area contributed by atoms with Crippen molar-refractivity contribution >= 4 is 11.8 Å². The van der Waals surface area contributed by atoms with Crippen molar-refractivity contribution in [3.05, 3.63) is 23.4 Å². The van der Waals surface area contributed by atoms with Gasteiger partial charge in [-0.1, -0.05) is 6.07 Å². The average molecular weight is 248 g/mol. The minimum Gasteiger partial charge on any atom is -0.466 e. The number of carbonyl (C=O) groups is 1. The Morgan fingerprint density at radius 3 is 3.17 bits per heavy atom. The molecule has 1 N–H and O–H groups in total. The Balaban J connectivity index is 1.72. The third-order valence-corrected chi connectivity index (χ3v) is 3.10. The highest BCUT2D eigenvalue weighted by Crippen LogP contribution is 2.21. The maximum absolute atomic E-state index is 11.1. The lowest BCUT2D eigenvalue weighted by Crippen LogP contribution is -2.09. The van der Waals surface area contributed by atoms with E-state index < -0.39 is 0 Å². The average Bonchev–Trinajstić information content (AvgIpc) is 2.82. The first kappa shape index (κ1) is 12.9. The number of pyridine rings is 1. The highest BCUT2D eigenvalue weighted by atomic mass is 16.5. The van der Waals surface area contributed by atoms with Crippen LogP contribution in [0.15, 0.2) is 12.1 Å². The molecule has 1 heterocycles. The monoisotopic (exact) mass is 248 g/mol. The Hall–Kier alpha value is -1.58. The summed E-state index contributed by atoms with van der Waals surface area (Å²) in [5.41, 5.74) is 2.61. The van der Waals surface area contributed by atoms with Gasteiger partial charge in [-0.25, -0.2) is 4.98 Å². The predicted molar refractivity (Wildman–Crippen MR) is 70.6 cm³/mol. The van der Waals surface area contributed by atoms with Crippen LogP contribution < -0.4 is 5.32 Å². The molecule has 1 aliphatic rings. The van der Waals surface area contributed by atoms with Crippen molar-refractivity contribution in [2.75, 3.05) is 18.5 Å². The van der Waals surface area contributed by atoms with Crippen LogP contribution in [0.3, 0.4) is 0 Å². The summed E-state index contributed by atoms with van der Waals surface area (Å²) in [7, 11) is 0. The number of anilines is 1. The first-order valence-corrected chi connectivity index (χ1v) is 6.68. The molecule has 0 aromatic carbocycles. The van der Waals surface area contributed by atoms with Gasteiger partial charge < -0.3 is 10.1 Å². The zero-order chi connectivity index (χ0) is 12.8. The summed E-state index contributed by atoms with van der Waals surface area (Å²) in [6.45, 7) is 3.04. The van der Waals surface area contributed by atoms with E-state index >= 15 is 0 Å². The molecule has 0 radical (unpaired) electrons. The molecule has 0 amide bonds. The van der Waals surface area contributed by atoms with Crippen molar-refractivity contribution in [3.8, 4) is 0 Å². The molecule has 18 heavy (non-hydrogen) atoms. The first-order valence-electron chi connectivity index (χ1n) is 6.68. The second kappa shape index (κ2) is 6.38. The second-order valence-electron chi connectivity index (χ2n) is 4.49. The van der Waals surface area contributed by atoms with E-state index in [0.29, 0.717) is 13.0 Å². The molecule has 1 aromatic heterocycles. The number of hydrogen-bond donors (Lipinski definition) is 1. The van der Waals surface area contributed by atoms with Crippen LogP contribution in [0, 0.1) is 0 Å². The van der Waals surface area contributed by atoms with Crippen molar-refractivity contribution in [3.63, 3.8) is 0 Å². The van der Waals surface area contributed by atoms with Crippen molar-refractivity contribution in [2.24, 2.45) is 0 Å². The van der Waals surface area contributed by atoms with E-state index in [1.54, 1.807) is 0 Å². The van der Waals surface area contributed by atoms with E-state index in [0.717, 1.165) is 31.6 Å². The topological polar surface area (TPSA) is 51.2 Å². The molecule has 0 bridgehead atoms. The third kappa shape index (κ3) is 3.45. The molecule has 2 rings (SSSR count). The fourth-order valence-corrected chi connectivity index (χ4v) is 2.20. The molecule has 0 saturated heterocycles. The zero-order valence-corrected chi connectivity index (χ0v) is 10.9. The SMILES string of the molecule is CCOC(=O)CCCNc1ccc2c(n1)CCC2. The Kier molecular flexibility index (Phi) is 4.56. The molecule has 4 nitrogen and oxygen atoms in total. The maximum atomic E-state index is 11.1. The fraction of sp³-hybridized carbons (Fsp3) is 0.571. The van der Waals surface area contributed by atoms with Gasteiger partial charge in [0.2, 0.25) is 0 Å². The normalized spacial score (nSPS) is 13.2. The van der Waals surface area contributed by atoms with Crippen LogP contribution in [0.4, 0.5) is 5.82 Å². The van der Waals surface area contributed by atoms with E-state index in [4.69, 9.17) is 4.74 Å². The molecule has 0 saturated carbocycles. The lowest BCUT2D eigenvalue weighted by Gasteiger charge is -2.07. The molecule has 1 aromatic rings. The van der Waals surface area contributed by atoms with Gasteiger partial charge in [-0.3, -0.25) is 4.79 Å². The lowest BCUT2D eigenvalue weighted by molar-refractivity contribution is -0.143. The molecule has 0 spiro atoms. The minimum atomic E-state index is -0.124. The number of aromatic nitrogens is 1. The lowest BCUT2D eigenvalue weighted by atomic mass is 10.2. The van der Waals surface area contributed by atoms with Gasteiger partial charge in [0.15, 0.2) is 0 Å². The minimum absolute atomic E-state index is 0.124. The number of nitrogens with one attached hydrogen (secondary N) is 1. The fourth-order valence-electron chi connectivity index (χ4n) is 2.20. The second-order valence-corrected chi connectivity index (χ2v) is 4.49. The number of hydrogen-bond acceptors (Lipinski definition) is 4. The molecule has 0 atom stereocenters. The summed E-state index contributed by atoms with van der Waals surface area (Å²) >= 11 is 0. The zero-order valence-electron chi connectivity index (χ0n) is 10.9. The summed E-state index contributed by atoms with van der Waals surface area (Å²) in [6, 6.07) is 4.18. The van der Waals surface area contributed by atoms with Gasteiger partial charge in [0.1, 0.15) is 5.82 Å². The molecule has 0 unspecified atom stereocenters. The maximum Gasteiger partial charge on any atom is 0.305 e. The smallest absolute Gasteiger partial charge is 0.305 e. The van der Waals surface area contributed by atoms with Crippen LogP contribution in [0.1, 0.15) is 37.4 Å². The summed E-state index contributed by atoms with van der Waals surface area (Å²) in [4.78, 5) is 15.7.